The predicted molar refractivity (Wildman–Crippen MR) is 104 cm³/mol. The van der Waals surface area contributed by atoms with Crippen LogP contribution in [0.1, 0.15) is 36.0 Å². The Morgan fingerprint density at radius 1 is 0.840 bits per heavy atom. The summed E-state index contributed by atoms with van der Waals surface area (Å²) in [7, 11) is 0. The third kappa shape index (κ3) is 4.80. The van der Waals surface area contributed by atoms with Gasteiger partial charge < -0.3 is 5.32 Å². The van der Waals surface area contributed by atoms with Crippen molar-refractivity contribution in [3.63, 3.8) is 0 Å². The number of hydrogen-bond acceptors (Lipinski definition) is 1. The van der Waals surface area contributed by atoms with Crippen LogP contribution in [0.25, 0.3) is 0 Å². The molecule has 2 nitrogen and oxygen atoms in total. The van der Waals surface area contributed by atoms with E-state index in [-0.39, 0.29) is 11.8 Å². The number of rotatable bonds is 6. The maximum Gasteiger partial charge on any atom is 0.224 e. The van der Waals surface area contributed by atoms with Crippen LogP contribution < -0.4 is 5.32 Å². The van der Waals surface area contributed by atoms with E-state index in [1.165, 1.54) is 11.1 Å². The number of carbonyl (C=O) groups excluding carboxylic acids is 1. The minimum Gasteiger partial charge on any atom is -0.326 e. The largest absolute Gasteiger partial charge is 0.326 e. The van der Waals surface area contributed by atoms with Gasteiger partial charge in [0.2, 0.25) is 5.91 Å². The van der Waals surface area contributed by atoms with Crippen LogP contribution in [0, 0.1) is 0 Å². The molecule has 1 atom stereocenters. The fraction of sp³-hybridized carbons (Fsp3) is 0.174. The van der Waals surface area contributed by atoms with Gasteiger partial charge in [0.15, 0.2) is 0 Å². The van der Waals surface area contributed by atoms with E-state index in [1.807, 2.05) is 54.6 Å². The molecule has 0 aliphatic rings. The summed E-state index contributed by atoms with van der Waals surface area (Å²) in [4.78, 5) is 12.5. The zero-order valence-electron chi connectivity index (χ0n) is 14.5. The molecule has 3 aromatic rings. The van der Waals surface area contributed by atoms with Crippen molar-refractivity contribution in [3.05, 3.63) is 102 Å². The van der Waals surface area contributed by atoms with Gasteiger partial charge in [-0.3, -0.25) is 4.79 Å². The van der Waals surface area contributed by atoms with E-state index >= 15 is 0 Å². The zero-order chi connectivity index (χ0) is 17.5. The van der Waals surface area contributed by atoms with Crippen molar-refractivity contribution in [2.45, 2.75) is 25.7 Å². The number of nitrogens with one attached hydrogen (secondary N) is 1. The second-order valence-corrected chi connectivity index (χ2v) is 6.38. The van der Waals surface area contributed by atoms with Crippen molar-refractivity contribution in [3.8, 4) is 0 Å². The van der Waals surface area contributed by atoms with Crippen molar-refractivity contribution >= 4 is 11.6 Å². The van der Waals surface area contributed by atoms with E-state index in [9.17, 15) is 4.79 Å². The molecule has 0 aliphatic carbocycles. The average molecular weight is 329 g/mol. The van der Waals surface area contributed by atoms with Gasteiger partial charge in [-0.1, -0.05) is 85.8 Å². The Labute approximate surface area is 149 Å². The molecule has 126 valence electrons. The maximum atomic E-state index is 12.5. The summed E-state index contributed by atoms with van der Waals surface area (Å²) < 4.78 is 0. The van der Waals surface area contributed by atoms with Gasteiger partial charge in [0.25, 0.3) is 0 Å². The van der Waals surface area contributed by atoms with Gasteiger partial charge >= 0.3 is 0 Å². The SMILES string of the molecule is CC(CC(=O)Nc1ccccc1Cc1ccccc1)c1ccccc1. The summed E-state index contributed by atoms with van der Waals surface area (Å²) in [6, 6.07) is 28.5. The molecular weight excluding hydrogens is 306 g/mol. The third-order valence-electron chi connectivity index (χ3n) is 4.39. The molecule has 2 heteroatoms. The van der Waals surface area contributed by atoms with E-state index in [2.05, 4.69) is 42.6 Å². The fourth-order valence-electron chi connectivity index (χ4n) is 2.99. The molecule has 0 aliphatic heterocycles. The average Bonchev–Trinajstić information content (AvgIpc) is 2.65. The molecule has 0 aromatic heterocycles. The highest BCUT2D eigenvalue weighted by molar-refractivity contribution is 5.92. The maximum absolute atomic E-state index is 12.5. The number of carbonyl (C=O) groups is 1. The lowest BCUT2D eigenvalue weighted by Crippen LogP contribution is -2.15. The first-order chi connectivity index (χ1) is 12.2. The first-order valence-corrected chi connectivity index (χ1v) is 8.69. The minimum absolute atomic E-state index is 0.0527. The predicted octanol–water partition coefficient (Wildman–Crippen LogP) is 5.41. The number of hydrogen-bond donors (Lipinski definition) is 1. The lowest BCUT2D eigenvalue weighted by Gasteiger charge is -2.14. The molecule has 1 amide bonds. The quantitative estimate of drug-likeness (QED) is 0.643. The van der Waals surface area contributed by atoms with Crippen LogP contribution in [0.3, 0.4) is 0 Å². The first kappa shape index (κ1) is 17.0. The van der Waals surface area contributed by atoms with Crippen LogP contribution in [0.4, 0.5) is 5.69 Å². The molecule has 0 heterocycles. The second kappa shape index (κ2) is 8.29. The summed E-state index contributed by atoms with van der Waals surface area (Å²) in [6.07, 6.45) is 1.29. The molecule has 0 saturated heterocycles. The van der Waals surface area contributed by atoms with E-state index in [0.29, 0.717) is 6.42 Å². The van der Waals surface area contributed by atoms with Crippen LogP contribution >= 0.6 is 0 Å². The van der Waals surface area contributed by atoms with Crippen LogP contribution in [0.5, 0.6) is 0 Å². The molecule has 0 fully saturated rings. The Morgan fingerprint density at radius 3 is 2.16 bits per heavy atom. The van der Waals surface area contributed by atoms with Crippen molar-refractivity contribution < 1.29 is 4.79 Å². The van der Waals surface area contributed by atoms with Gasteiger partial charge in [-0.2, -0.15) is 0 Å². The Kier molecular flexibility index (Phi) is 5.63. The first-order valence-electron chi connectivity index (χ1n) is 8.69. The van der Waals surface area contributed by atoms with Crippen molar-refractivity contribution in [1.82, 2.24) is 0 Å². The van der Waals surface area contributed by atoms with Crippen molar-refractivity contribution in [2.24, 2.45) is 0 Å². The molecule has 3 aromatic carbocycles. The summed E-state index contributed by atoms with van der Waals surface area (Å²) >= 11 is 0. The van der Waals surface area contributed by atoms with E-state index in [4.69, 9.17) is 0 Å². The number of anilines is 1. The summed E-state index contributed by atoms with van der Waals surface area (Å²) in [6.45, 7) is 2.09. The minimum atomic E-state index is 0.0527. The van der Waals surface area contributed by atoms with Gasteiger partial charge in [-0.25, -0.2) is 0 Å². The molecular formula is C23H23NO. The third-order valence-corrected chi connectivity index (χ3v) is 4.39. The summed E-state index contributed by atoms with van der Waals surface area (Å²) in [5.74, 6) is 0.249. The standard InChI is InChI=1S/C23H23NO/c1-18(20-12-6-3-7-13-20)16-23(25)24-22-15-9-8-14-21(22)17-19-10-4-2-5-11-19/h2-15,18H,16-17H2,1H3,(H,24,25). The van der Waals surface area contributed by atoms with E-state index < -0.39 is 0 Å². The molecule has 0 bridgehead atoms. The molecule has 0 radical (unpaired) electrons. The molecule has 0 spiro atoms. The molecule has 3 rings (SSSR count). The smallest absolute Gasteiger partial charge is 0.224 e. The molecule has 1 N–H and O–H groups in total. The molecule has 0 saturated carbocycles. The van der Waals surface area contributed by atoms with Crippen molar-refractivity contribution in [2.75, 3.05) is 5.32 Å². The molecule has 25 heavy (non-hydrogen) atoms. The number of amides is 1. The van der Waals surface area contributed by atoms with Gasteiger partial charge in [0.1, 0.15) is 0 Å². The van der Waals surface area contributed by atoms with Crippen LogP contribution in [-0.2, 0) is 11.2 Å². The lowest BCUT2D eigenvalue weighted by atomic mass is 9.97. The normalized spacial score (nSPS) is 11.7. The van der Waals surface area contributed by atoms with Gasteiger partial charge in [0.05, 0.1) is 0 Å². The lowest BCUT2D eigenvalue weighted by molar-refractivity contribution is -0.116. The molecule has 1 unspecified atom stereocenters. The van der Waals surface area contributed by atoms with Gasteiger partial charge in [-0.05, 0) is 35.1 Å². The Morgan fingerprint density at radius 2 is 1.44 bits per heavy atom. The number of para-hydroxylation sites is 1. The fourth-order valence-corrected chi connectivity index (χ4v) is 2.99. The monoisotopic (exact) mass is 329 g/mol. The Bertz CT molecular complexity index is 812. The van der Waals surface area contributed by atoms with Crippen LogP contribution in [0.15, 0.2) is 84.9 Å². The topological polar surface area (TPSA) is 29.1 Å². The highest BCUT2D eigenvalue weighted by atomic mass is 16.1. The van der Waals surface area contributed by atoms with Crippen LogP contribution in [-0.4, -0.2) is 5.91 Å². The Balaban J connectivity index is 1.67. The van der Waals surface area contributed by atoms with Gasteiger partial charge in [0, 0.05) is 12.1 Å². The summed E-state index contributed by atoms with van der Waals surface area (Å²) in [5.41, 5.74) is 4.46. The van der Waals surface area contributed by atoms with Crippen molar-refractivity contribution in [1.29, 1.82) is 0 Å². The van der Waals surface area contributed by atoms with Gasteiger partial charge in [-0.15, -0.1) is 0 Å². The highest BCUT2D eigenvalue weighted by Gasteiger charge is 2.12. The Hall–Kier alpha value is -2.87. The number of benzene rings is 3. The highest BCUT2D eigenvalue weighted by Crippen LogP contribution is 2.22. The zero-order valence-corrected chi connectivity index (χ0v) is 14.5. The van der Waals surface area contributed by atoms with E-state index in [0.717, 1.165) is 17.7 Å². The van der Waals surface area contributed by atoms with Crippen LogP contribution in [0.2, 0.25) is 0 Å². The second-order valence-electron chi connectivity index (χ2n) is 6.38. The summed E-state index contributed by atoms with van der Waals surface area (Å²) in [5, 5.41) is 3.09. The van der Waals surface area contributed by atoms with E-state index in [1.54, 1.807) is 0 Å².